The average Bonchev–Trinajstić information content (AvgIpc) is 2.51. The van der Waals surface area contributed by atoms with E-state index in [-0.39, 0.29) is 0 Å². The van der Waals surface area contributed by atoms with E-state index in [0.717, 1.165) is 35.7 Å². The van der Waals surface area contributed by atoms with Gasteiger partial charge in [0, 0.05) is 23.2 Å². The van der Waals surface area contributed by atoms with Crippen LogP contribution in [-0.4, -0.2) is 15.2 Å². The van der Waals surface area contributed by atoms with Gasteiger partial charge in [-0.15, -0.1) is 5.10 Å². The Balaban J connectivity index is 1.77. The fourth-order valence-corrected chi connectivity index (χ4v) is 2.52. The van der Waals surface area contributed by atoms with Crippen LogP contribution >= 0.6 is 11.6 Å². The zero-order valence-corrected chi connectivity index (χ0v) is 11.7. The van der Waals surface area contributed by atoms with Crippen LogP contribution in [0.3, 0.4) is 0 Å². The van der Waals surface area contributed by atoms with E-state index >= 15 is 0 Å². The maximum Gasteiger partial charge on any atom is 0.159 e. The molecule has 0 radical (unpaired) electrons. The van der Waals surface area contributed by atoms with Gasteiger partial charge >= 0.3 is 0 Å². The first kappa shape index (κ1) is 13.0. The fourth-order valence-electron chi connectivity index (χ4n) is 2.32. The van der Waals surface area contributed by atoms with E-state index in [1.54, 1.807) is 6.20 Å². The molecule has 0 bridgehead atoms. The van der Waals surface area contributed by atoms with Crippen molar-refractivity contribution in [1.29, 1.82) is 0 Å². The number of fused-ring (bicyclic) bond motifs is 1. The minimum atomic E-state index is 0.469. The van der Waals surface area contributed by atoms with E-state index in [1.165, 1.54) is 5.56 Å². The molecule has 0 fully saturated rings. The lowest BCUT2D eigenvalue weighted by atomic mass is 10.0. The van der Waals surface area contributed by atoms with Crippen molar-refractivity contribution in [3.8, 4) is 0 Å². The number of pyridine rings is 1. The number of nitrogens with zero attached hydrogens (tertiary/aromatic N) is 3. The Labute approximate surface area is 122 Å². The number of halogens is 1. The van der Waals surface area contributed by atoms with Crippen LogP contribution in [0.15, 0.2) is 48.8 Å². The van der Waals surface area contributed by atoms with Crippen molar-refractivity contribution in [2.45, 2.75) is 19.3 Å². The third kappa shape index (κ3) is 2.78. The van der Waals surface area contributed by atoms with E-state index < -0.39 is 0 Å². The number of benzene rings is 1. The summed E-state index contributed by atoms with van der Waals surface area (Å²) in [6, 6.07) is 12.1. The number of aryl methyl sites for hydroxylation is 2. The molecule has 0 atom stereocenters. The number of aromatic nitrogens is 3. The molecule has 1 aromatic carbocycles. The molecule has 20 heavy (non-hydrogen) atoms. The van der Waals surface area contributed by atoms with Gasteiger partial charge in [-0.25, -0.2) is 0 Å². The van der Waals surface area contributed by atoms with Crippen LogP contribution in [0.5, 0.6) is 0 Å². The molecule has 0 saturated heterocycles. The van der Waals surface area contributed by atoms with E-state index in [9.17, 15) is 0 Å². The third-order valence-electron chi connectivity index (χ3n) is 3.32. The third-order valence-corrected chi connectivity index (χ3v) is 3.60. The van der Waals surface area contributed by atoms with E-state index in [1.807, 2.05) is 30.5 Å². The van der Waals surface area contributed by atoms with Crippen LogP contribution < -0.4 is 0 Å². The van der Waals surface area contributed by atoms with Crippen molar-refractivity contribution in [1.82, 2.24) is 15.2 Å². The molecule has 100 valence electrons. The van der Waals surface area contributed by atoms with E-state index in [0.29, 0.717) is 5.15 Å². The molecule has 4 heteroatoms. The summed E-state index contributed by atoms with van der Waals surface area (Å²) in [4.78, 5) is 4.13. The van der Waals surface area contributed by atoms with Crippen LogP contribution in [0.4, 0.5) is 0 Å². The zero-order chi connectivity index (χ0) is 13.8. The first-order valence-electron chi connectivity index (χ1n) is 6.63. The lowest BCUT2D eigenvalue weighted by Gasteiger charge is -2.06. The first-order valence-corrected chi connectivity index (χ1v) is 7.01. The topological polar surface area (TPSA) is 38.7 Å². The van der Waals surface area contributed by atoms with Crippen LogP contribution in [0.2, 0.25) is 5.15 Å². The maximum absolute atomic E-state index is 6.08. The second-order valence-corrected chi connectivity index (χ2v) is 5.06. The second-order valence-electron chi connectivity index (χ2n) is 4.70. The van der Waals surface area contributed by atoms with E-state index in [4.69, 9.17) is 11.6 Å². The highest BCUT2D eigenvalue weighted by Gasteiger charge is 2.07. The molecular formula is C16H14ClN3. The van der Waals surface area contributed by atoms with Gasteiger partial charge in [0.05, 0.1) is 5.69 Å². The van der Waals surface area contributed by atoms with Gasteiger partial charge in [0.25, 0.3) is 0 Å². The van der Waals surface area contributed by atoms with Gasteiger partial charge in [-0.2, -0.15) is 5.10 Å². The largest absolute Gasteiger partial charge is 0.264 e. The summed E-state index contributed by atoms with van der Waals surface area (Å²) in [5, 5.41) is 10.8. The quantitative estimate of drug-likeness (QED) is 0.730. The summed E-state index contributed by atoms with van der Waals surface area (Å²) in [6.45, 7) is 0. The van der Waals surface area contributed by atoms with Crippen molar-refractivity contribution in [3.05, 3.63) is 65.2 Å². The van der Waals surface area contributed by atoms with Gasteiger partial charge in [-0.3, -0.25) is 4.98 Å². The summed E-state index contributed by atoms with van der Waals surface area (Å²) in [7, 11) is 0. The first-order chi connectivity index (χ1) is 9.84. The highest BCUT2D eigenvalue weighted by Crippen LogP contribution is 2.23. The summed E-state index contributed by atoms with van der Waals surface area (Å²) >= 11 is 6.08. The molecular weight excluding hydrogens is 270 g/mol. The van der Waals surface area contributed by atoms with Crippen molar-refractivity contribution >= 4 is 22.4 Å². The lowest BCUT2D eigenvalue weighted by molar-refractivity contribution is 0.784. The Morgan fingerprint density at radius 2 is 1.75 bits per heavy atom. The maximum atomic E-state index is 6.08. The molecule has 2 heterocycles. The Morgan fingerprint density at radius 3 is 2.55 bits per heavy atom. The van der Waals surface area contributed by atoms with Gasteiger partial charge in [0.2, 0.25) is 0 Å². The van der Waals surface area contributed by atoms with Crippen molar-refractivity contribution in [2.75, 3.05) is 0 Å². The van der Waals surface area contributed by atoms with Gasteiger partial charge in [-0.05, 0) is 30.9 Å². The SMILES string of the molecule is Clc1nnc(CCCc2cccnc2)c2ccccc12. The van der Waals surface area contributed by atoms with Crippen molar-refractivity contribution < 1.29 is 0 Å². The predicted molar refractivity (Wildman–Crippen MR) is 80.8 cm³/mol. The van der Waals surface area contributed by atoms with Gasteiger partial charge < -0.3 is 0 Å². The molecule has 0 aliphatic carbocycles. The van der Waals surface area contributed by atoms with Gasteiger partial charge in [0.15, 0.2) is 5.15 Å². The molecule has 0 N–H and O–H groups in total. The fraction of sp³-hybridized carbons (Fsp3) is 0.188. The monoisotopic (exact) mass is 283 g/mol. The van der Waals surface area contributed by atoms with E-state index in [2.05, 4.69) is 27.3 Å². The average molecular weight is 284 g/mol. The highest BCUT2D eigenvalue weighted by molar-refractivity contribution is 6.34. The summed E-state index contributed by atoms with van der Waals surface area (Å²) in [5.74, 6) is 0. The van der Waals surface area contributed by atoms with Crippen LogP contribution in [0, 0.1) is 0 Å². The molecule has 0 aliphatic rings. The van der Waals surface area contributed by atoms with Gasteiger partial charge in [-0.1, -0.05) is 41.9 Å². The minimum Gasteiger partial charge on any atom is -0.264 e. The molecule has 3 rings (SSSR count). The smallest absolute Gasteiger partial charge is 0.159 e. The Bertz CT molecular complexity index is 713. The Hall–Kier alpha value is -2.00. The summed E-state index contributed by atoms with van der Waals surface area (Å²) < 4.78 is 0. The van der Waals surface area contributed by atoms with Gasteiger partial charge in [0.1, 0.15) is 0 Å². The molecule has 3 nitrogen and oxygen atoms in total. The van der Waals surface area contributed by atoms with Crippen LogP contribution in [0.1, 0.15) is 17.7 Å². The van der Waals surface area contributed by atoms with Crippen LogP contribution in [0.25, 0.3) is 10.8 Å². The molecule has 0 aliphatic heterocycles. The normalized spacial score (nSPS) is 10.8. The van der Waals surface area contributed by atoms with Crippen molar-refractivity contribution in [2.24, 2.45) is 0 Å². The molecule has 3 aromatic rings. The lowest BCUT2D eigenvalue weighted by Crippen LogP contribution is -1.97. The van der Waals surface area contributed by atoms with Crippen LogP contribution in [-0.2, 0) is 12.8 Å². The second kappa shape index (κ2) is 5.97. The summed E-state index contributed by atoms with van der Waals surface area (Å²) in [6.07, 6.45) is 6.60. The molecule has 2 aromatic heterocycles. The zero-order valence-electron chi connectivity index (χ0n) is 11.0. The molecule has 0 unspecified atom stereocenters. The molecule has 0 spiro atoms. The summed E-state index contributed by atoms with van der Waals surface area (Å²) in [5.41, 5.74) is 2.26. The van der Waals surface area contributed by atoms with Crippen molar-refractivity contribution in [3.63, 3.8) is 0 Å². The molecule has 0 amide bonds. The number of hydrogen-bond donors (Lipinski definition) is 0. The number of rotatable bonds is 4. The highest BCUT2D eigenvalue weighted by atomic mass is 35.5. The Kier molecular flexibility index (Phi) is 3.88. The Morgan fingerprint density at radius 1 is 0.900 bits per heavy atom. The number of hydrogen-bond acceptors (Lipinski definition) is 3. The molecule has 0 saturated carbocycles. The predicted octanol–water partition coefficient (Wildman–Crippen LogP) is 3.85. The minimum absolute atomic E-state index is 0.469. The standard InChI is InChI=1S/C16H14ClN3/c17-16-14-8-2-1-7-13(14)15(19-20-16)9-3-5-12-6-4-10-18-11-12/h1-2,4,6-8,10-11H,3,5,9H2.